The number of hydrogen-bond donors (Lipinski definition) is 0. The lowest BCUT2D eigenvalue weighted by Crippen LogP contribution is -2.23. The maximum absolute atomic E-state index is 2.52. The molecule has 0 fully saturated rings. The molecule has 0 bridgehead atoms. The molecule has 0 heteroatoms. The van der Waals surface area contributed by atoms with Gasteiger partial charge in [-0.25, -0.2) is 0 Å². The Kier molecular flexibility index (Phi) is 4.94. The van der Waals surface area contributed by atoms with Crippen LogP contribution in [0.5, 0.6) is 0 Å². The smallest absolute Gasteiger partial charge is 0.0210 e. The summed E-state index contributed by atoms with van der Waals surface area (Å²) in [4.78, 5) is 0. The summed E-state index contributed by atoms with van der Waals surface area (Å²) < 4.78 is 0. The molecule has 174 valence electrons. The molecule has 0 amide bonds. The average Bonchev–Trinajstić information content (AvgIpc) is 3.15. The van der Waals surface area contributed by atoms with Gasteiger partial charge in [-0.05, 0) is 84.8 Å². The van der Waals surface area contributed by atoms with Crippen LogP contribution in [0.2, 0.25) is 0 Å². The highest BCUT2D eigenvalue weighted by Gasteiger charge is 2.40. The molecule has 0 saturated heterocycles. The van der Waals surface area contributed by atoms with Crippen molar-refractivity contribution >= 4 is 21.5 Å². The quantitative estimate of drug-likeness (QED) is 0.238. The van der Waals surface area contributed by atoms with Gasteiger partial charge in [-0.2, -0.15) is 0 Å². The van der Waals surface area contributed by atoms with Crippen molar-refractivity contribution in [3.63, 3.8) is 0 Å². The first-order chi connectivity index (χ1) is 16.9. The van der Waals surface area contributed by atoms with Crippen LogP contribution in [0.4, 0.5) is 0 Å². The second-order valence-electron chi connectivity index (χ2n) is 11.2. The first kappa shape index (κ1) is 22.1. The van der Waals surface area contributed by atoms with E-state index >= 15 is 0 Å². The van der Waals surface area contributed by atoms with Gasteiger partial charge in [0.05, 0.1) is 0 Å². The molecule has 0 nitrogen and oxygen atoms in total. The highest BCUT2D eigenvalue weighted by molar-refractivity contribution is 6.15. The van der Waals surface area contributed by atoms with Crippen LogP contribution < -0.4 is 0 Å². The molecule has 5 aromatic rings. The van der Waals surface area contributed by atoms with Crippen LogP contribution in [0.1, 0.15) is 64.2 Å². The Morgan fingerprint density at radius 3 is 1.66 bits per heavy atom. The Bertz CT molecular complexity index is 1530. The van der Waals surface area contributed by atoms with Crippen LogP contribution >= 0.6 is 0 Å². The zero-order valence-corrected chi connectivity index (χ0v) is 21.6. The van der Waals surface area contributed by atoms with E-state index in [1.807, 2.05) is 0 Å². The molecule has 6 rings (SSSR count). The Hall–Kier alpha value is -3.38. The first-order valence-electron chi connectivity index (χ1n) is 13.1. The summed E-state index contributed by atoms with van der Waals surface area (Å²) in [6.45, 7) is 11.7. The summed E-state index contributed by atoms with van der Waals surface area (Å²) in [5.74, 6) is 0. The summed E-state index contributed by atoms with van der Waals surface area (Å²) in [6, 6.07) is 34.4. The number of benzene rings is 5. The number of hydrogen-bond acceptors (Lipinski definition) is 0. The fraction of sp³-hybridized carbons (Fsp3) is 0.257. The van der Waals surface area contributed by atoms with Crippen LogP contribution in [0, 0.1) is 0 Å². The van der Waals surface area contributed by atoms with Gasteiger partial charge in [0.15, 0.2) is 0 Å². The highest BCUT2D eigenvalue weighted by Crippen LogP contribution is 2.54. The molecule has 0 spiro atoms. The van der Waals surface area contributed by atoms with Crippen LogP contribution in [-0.4, -0.2) is 0 Å². The second kappa shape index (κ2) is 7.82. The summed E-state index contributed by atoms with van der Waals surface area (Å²) in [5, 5.41) is 5.44. The van der Waals surface area contributed by atoms with Gasteiger partial charge in [0.2, 0.25) is 0 Å². The topological polar surface area (TPSA) is 0 Å². The summed E-state index contributed by atoms with van der Waals surface area (Å²) >= 11 is 0. The van der Waals surface area contributed by atoms with Gasteiger partial charge < -0.3 is 0 Å². The van der Waals surface area contributed by atoms with E-state index in [0.29, 0.717) is 0 Å². The Balaban J connectivity index is 1.72. The fourth-order valence-electron chi connectivity index (χ4n) is 6.87. The van der Waals surface area contributed by atoms with E-state index in [1.54, 1.807) is 0 Å². The Morgan fingerprint density at radius 1 is 0.571 bits per heavy atom. The minimum atomic E-state index is 0.0525. The number of fused-ring (bicyclic) bond motifs is 5. The second-order valence-corrected chi connectivity index (χ2v) is 11.2. The predicted octanol–water partition coefficient (Wildman–Crippen LogP) is 10.0. The maximum Gasteiger partial charge on any atom is 0.0210 e. The van der Waals surface area contributed by atoms with E-state index in [4.69, 9.17) is 0 Å². The van der Waals surface area contributed by atoms with Crippen molar-refractivity contribution in [1.82, 2.24) is 0 Å². The van der Waals surface area contributed by atoms with E-state index in [-0.39, 0.29) is 10.8 Å². The zero-order chi connectivity index (χ0) is 24.4. The SMILES string of the molecule is CCC1(CC)c2ccccc2-c2ccc(-c3c4ccccc4c(C(C)(C)C)c4ccccc34)cc21. The molecule has 0 saturated carbocycles. The van der Waals surface area contributed by atoms with Crippen molar-refractivity contribution in [2.24, 2.45) is 0 Å². The van der Waals surface area contributed by atoms with Gasteiger partial charge in [0.1, 0.15) is 0 Å². The molecule has 35 heavy (non-hydrogen) atoms. The van der Waals surface area contributed by atoms with Gasteiger partial charge in [-0.3, -0.25) is 0 Å². The normalized spacial score (nSPS) is 14.3. The molecule has 0 aromatic heterocycles. The van der Waals surface area contributed by atoms with Crippen LogP contribution in [0.3, 0.4) is 0 Å². The van der Waals surface area contributed by atoms with Gasteiger partial charge in [0.25, 0.3) is 0 Å². The van der Waals surface area contributed by atoms with Crippen molar-refractivity contribution in [3.8, 4) is 22.3 Å². The lowest BCUT2D eigenvalue weighted by atomic mass is 9.73. The van der Waals surface area contributed by atoms with E-state index in [0.717, 1.165) is 12.8 Å². The molecule has 0 aliphatic heterocycles. The van der Waals surface area contributed by atoms with E-state index in [9.17, 15) is 0 Å². The predicted molar refractivity (Wildman–Crippen MR) is 152 cm³/mol. The summed E-state index contributed by atoms with van der Waals surface area (Å²) in [5.41, 5.74) is 10.1. The van der Waals surface area contributed by atoms with Crippen molar-refractivity contribution in [2.75, 3.05) is 0 Å². The first-order valence-corrected chi connectivity index (χ1v) is 13.1. The fourth-order valence-corrected chi connectivity index (χ4v) is 6.87. The van der Waals surface area contributed by atoms with Gasteiger partial charge in [-0.15, -0.1) is 0 Å². The highest BCUT2D eigenvalue weighted by atomic mass is 14.4. The number of rotatable bonds is 3. The lowest BCUT2D eigenvalue weighted by molar-refractivity contribution is 0.490. The zero-order valence-electron chi connectivity index (χ0n) is 21.6. The molecular formula is C35H34. The Morgan fingerprint density at radius 2 is 1.09 bits per heavy atom. The molecule has 1 aliphatic carbocycles. The maximum atomic E-state index is 2.52. The molecule has 0 radical (unpaired) electrons. The molecule has 0 unspecified atom stereocenters. The van der Waals surface area contributed by atoms with Crippen molar-refractivity contribution in [1.29, 1.82) is 0 Å². The van der Waals surface area contributed by atoms with Crippen molar-refractivity contribution in [3.05, 3.63) is 108 Å². The molecule has 0 heterocycles. The van der Waals surface area contributed by atoms with Gasteiger partial charge in [-0.1, -0.05) is 120 Å². The van der Waals surface area contributed by atoms with Crippen LogP contribution in [0.25, 0.3) is 43.8 Å². The van der Waals surface area contributed by atoms with Crippen molar-refractivity contribution in [2.45, 2.75) is 58.3 Å². The lowest BCUT2D eigenvalue weighted by Gasteiger charge is -2.30. The van der Waals surface area contributed by atoms with E-state index in [2.05, 4.69) is 126 Å². The molecule has 1 aliphatic rings. The van der Waals surface area contributed by atoms with Crippen LogP contribution in [0.15, 0.2) is 91.0 Å². The van der Waals surface area contributed by atoms with Crippen molar-refractivity contribution < 1.29 is 0 Å². The standard InChI is InChI=1S/C35H34/c1-6-35(7-2)30-19-13-12-14-24(30)25-21-20-23(22-31(25)35)32-26-15-8-10-17-28(26)33(34(3,4)5)29-18-11-9-16-27(29)32/h8-22H,6-7H2,1-5H3. The van der Waals surface area contributed by atoms with E-state index < -0.39 is 0 Å². The molecule has 0 atom stereocenters. The minimum Gasteiger partial charge on any atom is -0.0642 e. The molecule has 5 aromatic carbocycles. The third-order valence-electron chi connectivity index (χ3n) is 8.45. The Labute approximate surface area is 209 Å². The van der Waals surface area contributed by atoms with Crippen LogP contribution in [-0.2, 0) is 10.8 Å². The van der Waals surface area contributed by atoms with Gasteiger partial charge >= 0.3 is 0 Å². The van der Waals surface area contributed by atoms with E-state index in [1.165, 1.54) is 60.5 Å². The molecular weight excluding hydrogens is 420 g/mol. The minimum absolute atomic E-state index is 0.0525. The van der Waals surface area contributed by atoms with Gasteiger partial charge in [0, 0.05) is 5.41 Å². The third-order valence-corrected chi connectivity index (χ3v) is 8.45. The third kappa shape index (κ3) is 3.05. The monoisotopic (exact) mass is 454 g/mol. The summed E-state index contributed by atoms with van der Waals surface area (Å²) in [7, 11) is 0. The average molecular weight is 455 g/mol. The summed E-state index contributed by atoms with van der Waals surface area (Å²) in [6.07, 6.45) is 2.23. The largest absolute Gasteiger partial charge is 0.0642 e. The molecule has 0 N–H and O–H groups in total.